The quantitative estimate of drug-likeness (QED) is 0.588. The number of carbonyl (C=O) groups is 1. The highest BCUT2D eigenvalue weighted by molar-refractivity contribution is 5.71. The number of hydrogen-bond donors (Lipinski definition) is 2. The summed E-state index contributed by atoms with van der Waals surface area (Å²) in [7, 11) is 0. The lowest BCUT2D eigenvalue weighted by atomic mass is 9.94. The van der Waals surface area contributed by atoms with E-state index < -0.39 is 24.4 Å². The fraction of sp³-hybridized carbons (Fsp3) is 0.833. The molecule has 1 saturated heterocycles. The minimum absolute atomic E-state index is 0.00231. The van der Waals surface area contributed by atoms with Crippen LogP contribution < -0.4 is 5.32 Å². The minimum Gasteiger partial charge on any atom is -0.481 e. The van der Waals surface area contributed by atoms with Crippen molar-refractivity contribution in [3.8, 4) is 0 Å². The lowest BCUT2D eigenvalue weighted by Gasteiger charge is -2.28. The average molecular weight is 165 g/mol. The highest BCUT2D eigenvalue weighted by Crippen LogP contribution is 2.29. The van der Waals surface area contributed by atoms with Crippen LogP contribution in [-0.4, -0.2) is 30.1 Å². The molecular weight excluding hydrogens is 156 g/mol. The van der Waals surface area contributed by atoms with Crippen molar-refractivity contribution in [3.05, 3.63) is 0 Å². The maximum Gasteiger partial charge on any atom is 0.312 e. The third kappa shape index (κ3) is 1.65. The summed E-state index contributed by atoms with van der Waals surface area (Å²) in [4.78, 5) is 10.3. The fourth-order valence-corrected chi connectivity index (χ4v) is 1.14. The van der Waals surface area contributed by atoms with Crippen LogP contribution in [0.15, 0.2) is 0 Å². The van der Waals surface area contributed by atoms with Crippen LogP contribution in [0, 0.1) is 5.92 Å². The number of rotatable bonds is 1. The first-order valence-corrected chi connectivity index (χ1v) is 3.35. The van der Waals surface area contributed by atoms with Crippen molar-refractivity contribution in [1.82, 2.24) is 5.32 Å². The molecule has 1 unspecified atom stereocenters. The standard InChI is InChI=1S/C6H9F2NO2/c7-6(8)3-9-2-1-4(6)5(10)11/h4,9H,1-3H2,(H,10,11). The molecule has 0 bridgehead atoms. The van der Waals surface area contributed by atoms with Gasteiger partial charge in [0.05, 0.1) is 6.54 Å². The molecule has 1 fully saturated rings. The van der Waals surface area contributed by atoms with Gasteiger partial charge >= 0.3 is 5.97 Å². The molecule has 0 radical (unpaired) electrons. The van der Waals surface area contributed by atoms with E-state index in [9.17, 15) is 13.6 Å². The van der Waals surface area contributed by atoms with Crippen LogP contribution in [0.4, 0.5) is 8.78 Å². The minimum atomic E-state index is -3.09. The van der Waals surface area contributed by atoms with Crippen molar-refractivity contribution < 1.29 is 18.7 Å². The number of carboxylic acid groups (broad SMARTS) is 1. The molecule has 11 heavy (non-hydrogen) atoms. The molecular formula is C6H9F2NO2. The Kier molecular flexibility index (Phi) is 2.08. The van der Waals surface area contributed by atoms with Gasteiger partial charge < -0.3 is 10.4 Å². The second-order valence-corrected chi connectivity index (χ2v) is 2.62. The number of halogens is 2. The van der Waals surface area contributed by atoms with Crippen molar-refractivity contribution in [1.29, 1.82) is 0 Å². The van der Waals surface area contributed by atoms with Crippen molar-refractivity contribution in [2.45, 2.75) is 12.3 Å². The molecule has 1 rings (SSSR count). The molecule has 1 heterocycles. The van der Waals surface area contributed by atoms with E-state index in [1.807, 2.05) is 0 Å². The molecule has 0 aliphatic carbocycles. The number of alkyl halides is 2. The zero-order valence-corrected chi connectivity index (χ0v) is 5.81. The number of nitrogens with one attached hydrogen (secondary N) is 1. The van der Waals surface area contributed by atoms with Gasteiger partial charge in [0, 0.05) is 0 Å². The van der Waals surface area contributed by atoms with Gasteiger partial charge in [0.1, 0.15) is 5.92 Å². The summed E-state index contributed by atoms with van der Waals surface area (Å²) in [5.74, 6) is -6.01. The largest absolute Gasteiger partial charge is 0.481 e. The van der Waals surface area contributed by atoms with Gasteiger partial charge in [-0.3, -0.25) is 4.79 Å². The molecule has 0 aromatic heterocycles. The van der Waals surface area contributed by atoms with Crippen molar-refractivity contribution in [2.75, 3.05) is 13.1 Å². The number of aliphatic carboxylic acids is 1. The predicted molar refractivity (Wildman–Crippen MR) is 33.6 cm³/mol. The maximum absolute atomic E-state index is 12.7. The lowest BCUT2D eigenvalue weighted by molar-refractivity contribution is -0.159. The summed E-state index contributed by atoms with van der Waals surface area (Å²) in [6.45, 7) is -0.170. The van der Waals surface area contributed by atoms with Crippen LogP contribution in [0.5, 0.6) is 0 Å². The molecule has 5 heteroatoms. The molecule has 1 aliphatic rings. The molecule has 2 N–H and O–H groups in total. The molecule has 0 aromatic carbocycles. The Bertz CT molecular complexity index is 172. The fourth-order valence-electron chi connectivity index (χ4n) is 1.14. The van der Waals surface area contributed by atoms with Crippen molar-refractivity contribution in [2.24, 2.45) is 5.92 Å². The van der Waals surface area contributed by atoms with Crippen LogP contribution in [0.25, 0.3) is 0 Å². The van der Waals surface area contributed by atoms with E-state index in [-0.39, 0.29) is 6.42 Å². The van der Waals surface area contributed by atoms with Gasteiger partial charge in [0.15, 0.2) is 0 Å². The molecule has 0 spiro atoms. The molecule has 0 aromatic rings. The first kappa shape index (κ1) is 8.39. The molecule has 1 atom stereocenters. The Hall–Kier alpha value is -0.710. The summed E-state index contributed by atoms with van der Waals surface area (Å²) in [5.41, 5.74) is 0. The third-order valence-electron chi connectivity index (χ3n) is 1.78. The smallest absolute Gasteiger partial charge is 0.312 e. The Balaban J connectivity index is 2.67. The Morgan fingerprint density at radius 1 is 1.64 bits per heavy atom. The molecule has 1 aliphatic heterocycles. The zero-order valence-electron chi connectivity index (χ0n) is 5.81. The number of piperidine rings is 1. The summed E-state index contributed by atoms with van der Waals surface area (Å²) in [6.07, 6.45) is 0.00231. The van der Waals surface area contributed by atoms with E-state index >= 15 is 0 Å². The van der Waals surface area contributed by atoms with E-state index in [0.717, 1.165) is 0 Å². The van der Waals surface area contributed by atoms with Gasteiger partial charge in [-0.2, -0.15) is 0 Å². The summed E-state index contributed by atoms with van der Waals surface area (Å²) < 4.78 is 25.4. The molecule has 0 amide bonds. The number of hydrogen-bond acceptors (Lipinski definition) is 2. The van der Waals surface area contributed by atoms with Gasteiger partial charge in [0.25, 0.3) is 5.92 Å². The van der Waals surface area contributed by atoms with Crippen molar-refractivity contribution >= 4 is 5.97 Å². The van der Waals surface area contributed by atoms with E-state index in [1.165, 1.54) is 0 Å². The zero-order chi connectivity index (χ0) is 8.48. The Morgan fingerprint density at radius 2 is 2.27 bits per heavy atom. The highest BCUT2D eigenvalue weighted by atomic mass is 19.3. The Labute approximate surface area is 62.4 Å². The van der Waals surface area contributed by atoms with Gasteiger partial charge in [-0.05, 0) is 13.0 Å². The van der Waals surface area contributed by atoms with Gasteiger partial charge in [0.2, 0.25) is 0 Å². The first-order chi connectivity index (χ1) is 5.04. The summed E-state index contributed by atoms with van der Waals surface area (Å²) >= 11 is 0. The third-order valence-corrected chi connectivity index (χ3v) is 1.78. The van der Waals surface area contributed by atoms with Crippen LogP contribution in [0.1, 0.15) is 6.42 Å². The maximum atomic E-state index is 12.7. The number of carboxylic acids is 1. The van der Waals surface area contributed by atoms with E-state index in [0.29, 0.717) is 6.54 Å². The SMILES string of the molecule is O=C(O)C1CCNCC1(F)F. The molecule has 64 valence electrons. The highest BCUT2D eigenvalue weighted by Gasteiger charge is 2.45. The summed E-state index contributed by atoms with van der Waals surface area (Å²) in [5, 5.41) is 10.8. The van der Waals surface area contributed by atoms with E-state index in [4.69, 9.17) is 5.11 Å². The average Bonchev–Trinajstić information content (AvgIpc) is 1.85. The van der Waals surface area contributed by atoms with Gasteiger partial charge in [-0.1, -0.05) is 0 Å². The van der Waals surface area contributed by atoms with E-state index in [1.54, 1.807) is 0 Å². The van der Waals surface area contributed by atoms with E-state index in [2.05, 4.69) is 5.32 Å². The summed E-state index contributed by atoms with van der Waals surface area (Å²) in [6, 6.07) is 0. The topological polar surface area (TPSA) is 49.3 Å². The van der Waals surface area contributed by atoms with Crippen LogP contribution in [0.2, 0.25) is 0 Å². The predicted octanol–water partition coefficient (Wildman–Crippen LogP) is 0.316. The first-order valence-electron chi connectivity index (χ1n) is 3.35. The second kappa shape index (κ2) is 2.73. The Morgan fingerprint density at radius 3 is 2.64 bits per heavy atom. The monoisotopic (exact) mass is 165 g/mol. The molecule has 0 saturated carbocycles. The van der Waals surface area contributed by atoms with Crippen LogP contribution in [0.3, 0.4) is 0 Å². The van der Waals surface area contributed by atoms with Crippen LogP contribution in [-0.2, 0) is 4.79 Å². The van der Waals surface area contributed by atoms with Gasteiger partial charge in [-0.25, -0.2) is 8.78 Å². The molecule has 3 nitrogen and oxygen atoms in total. The normalized spacial score (nSPS) is 29.8. The second-order valence-electron chi connectivity index (χ2n) is 2.62. The lowest BCUT2D eigenvalue weighted by Crippen LogP contribution is -2.49. The van der Waals surface area contributed by atoms with Crippen molar-refractivity contribution in [3.63, 3.8) is 0 Å². The van der Waals surface area contributed by atoms with Gasteiger partial charge in [-0.15, -0.1) is 0 Å². The van der Waals surface area contributed by atoms with Crippen LogP contribution >= 0.6 is 0 Å².